The first-order valence-electron chi connectivity index (χ1n) is 3.74. The Morgan fingerprint density at radius 2 is 2.43 bits per heavy atom. The molecule has 1 heterocycles. The molecule has 0 aliphatic carbocycles. The Hall–Kier alpha value is -1.46. The van der Waals surface area contributed by atoms with Gasteiger partial charge in [0, 0.05) is 18.3 Å². The second-order valence-electron chi connectivity index (χ2n) is 2.60. The maximum atomic E-state index is 10.5. The Kier molecular flexibility index (Phi) is 3.16. The van der Waals surface area contributed by atoms with E-state index in [4.69, 9.17) is 17.3 Å². The number of rotatable bonds is 3. The molecule has 0 fully saturated rings. The summed E-state index contributed by atoms with van der Waals surface area (Å²) in [6.07, 6.45) is 2.86. The van der Waals surface area contributed by atoms with Crippen LogP contribution in [0.1, 0.15) is 11.6 Å². The molecule has 0 aromatic carbocycles. The van der Waals surface area contributed by atoms with Crippen LogP contribution in [0.3, 0.4) is 0 Å². The molecule has 1 atom stereocenters. The summed E-state index contributed by atoms with van der Waals surface area (Å²) in [6.45, 7) is 3.48. The summed E-state index contributed by atoms with van der Waals surface area (Å²) < 4.78 is 0. The summed E-state index contributed by atoms with van der Waals surface area (Å²) in [7, 11) is 0. The van der Waals surface area contributed by atoms with E-state index in [0.29, 0.717) is 5.56 Å². The predicted octanol–water partition coefficient (Wildman–Crippen LogP) is 1.83. The number of hydrogen-bond acceptors (Lipinski definition) is 4. The molecule has 1 aromatic rings. The second-order valence-corrected chi connectivity index (χ2v) is 2.96. The number of nitrogens with two attached hydrogens (primary N) is 1. The number of nitrogens with zero attached hydrogens (tertiary/aromatic N) is 2. The Balaban J connectivity index is 3.19. The van der Waals surface area contributed by atoms with Gasteiger partial charge in [-0.2, -0.15) is 0 Å². The first-order chi connectivity index (χ1) is 6.56. The monoisotopic (exact) mass is 213 g/mol. The van der Waals surface area contributed by atoms with E-state index in [1.807, 2.05) is 0 Å². The molecule has 0 unspecified atom stereocenters. The van der Waals surface area contributed by atoms with Gasteiger partial charge in [0.05, 0.1) is 4.92 Å². The molecule has 0 aliphatic rings. The maximum Gasteiger partial charge on any atom is 0.306 e. The lowest BCUT2D eigenvalue weighted by molar-refractivity contribution is -0.385. The highest BCUT2D eigenvalue weighted by Gasteiger charge is 2.15. The van der Waals surface area contributed by atoms with Crippen LogP contribution in [0, 0.1) is 10.1 Å². The van der Waals surface area contributed by atoms with Crippen molar-refractivity contribution in [1.29, 1.82) is 0 Å². The van der Waals surface area contributed by atoms with Crippen molar-refractivity contribution < 1.29 is 4.92 Å². The third-order valence-electron chi connectivity index (χ3n) is 1.68. The second kappa shape index (κ2) is 4.17. The van der Waals surface area contributed by atoms with Crippen LogP contribution in [0.25, 0.3) is 0 Å². The molecule has 0 radical (unpaired) electrons. The van der Waals surface area contributed by atoms with Gasteiger partial charge in [0.15, 0.2) is 0 Å². The molecule has 0 amide bonds. The molecule has 6 heteroatoms. The average molecular weight is 214 g/mol. The van der Waals surface area contributed by atoms with Gasteiger partial charge in [-0.05, 0) is 5.56 Å². The number of halogens is 1. The lowest BCUT2D eigenvalue weighted by atomic mass is 10.1. The van der Waals surface area contributed by atoms with Crippen molar-refractivity contribution in [2.75, 3.05) is 0 Å². The molecule has 1 rings (SSSR count). The lowest BCUT2D eigenvalue weighted by Crippen LogP contribution is -2.07. The Morgan fingerprint density at radius 3 is 2.93 bits per heavy atom. The zero-order valence-electron chi connectivity index (χ0n) is 7.18. The van der Waals surface area contributed by atoms with Crippen LogP contribution in [0.5, 0.6) is 0 Å². The fraction of sp³-hybridized carbons (Fsp3) is 0.125. The van der Waals surface area contributed by atoms with Gasteiger partial charge < -0.3 is 5.73 Å². The van der Waals surface area contributed by atoms with Crippen LogP contribution in [-0.4, -0.2) is 9.91 Å². The Morgan fingerprint density at radius 1 is 1.79 bits per heavy atom. The van der Waals surface area contributed by atoms with Crippen molar-refractivity contribution in [3.8, 4) is 0 Å². The molecule has 0 bridgehead atoms. The first kappa shape index (κ1) is 10.6. The van der Waals surface area contributed by atoms with Crippen molar-refractivity contribution in [3.05, 3.63) is 45.7 Å². The first-order valence-corrected chi connectivity index (χ1v) is 4.12. The van der Waals surface area contributed by atoms with Crippen molar-refractivity contribution in [2.45, 2.75) is 6.04 Å². The SMILES string of the molecule is C=C[C@@H](N)c1cnc(Cl)c([N+](=O)[O-])c1. The average Bonchev–Trinajstić information content (AvgIpc) is 2.17. The molecule has 5 nitrogen and oxygen atoms in total. The van der Waals surface area contributed by atoms with Crippen molar-refractivity contribution >= 4 is 17.3 Å². The van der Waals surface area contributed by atoms with Gasteiger partial charge in [-0.3, -0.25) is 10.1 Å². The molecule has 2 N–H and O–H groups in total. The molecule has 0 saturated heterocycles. The van der Waals surface area contributed by atoms with Crippen LogP contribution in [-0.2, 0) is 0 Å². The van der Waals surface area contributed by atoms with E-state index in [0.717, 1.165) is 0 Å². The van der Waals surface area contributed by atoms with Gasteiger partial charge in [-0.1, -0.05) is 17.7 Å². The van der Waals surface area contributed by atoms with Crippen LogP contribution >= 0.6 is 11.6 Å². The van der Waals surface area contributed by atoms with E-state index in [-0.39, 0.29) is 10.8 Å². The standard InChI is InChI=1S/C8H8ClN3O2/c1-2-6(10)5-3-7(12(13)14)8(9)11-4-5/h2-4,6H,1,10H2/t6-/m1/s1. The largest absolute Gasteiger partial charge is 0.321 e. The van der Waals surface area contributed by atoms with E-state index >= 15 is 0 Å². The summed E-state index contributed by atoms with van der Waals surface area (Å²) in [5.74, 6) is 0. The van der Waals surface area contributed by atoms with Gasteiger partial charge in [0.2, 0.25) is 5.15 Å². The predicted molar refractivity (Wildman–Crippen MR) is 53.0 cm³/mol. The quantitative estimate of drug-likeness (QED) is 0.359. The van der Waals surface area contributed by atoms with Crippen LogP contribution < -0.4 is 5.73 Å². The molecule has 14 heavy (non-hydrogen) atoms. The van der Waals surface area contributed by atoms with E-state index in [9.17, 15) is 10.1 Å². The van der Waals surface area contributed by atoms with Crippen molar-refractivity contribution in [1.82, 2.24) is 4.98 Å². The minimum atomic E-state index is -0.603. The van der Waals surface area contributed by atoms with Crippen LogP contribution in [0.2, 0.25) is 5.15 Å². The maximum absolute atomic E-state index is 10.5. The zero-order chi connectivity index (χ0) is 10.7. The van der Waals surface area contributed by atoms with E-state index in [1.54, 1.807) is 0 Å². The highest BCUT2D eigenvalue weighted by atomic mass is 35.5. The molecule has 74 valence electrons. The Bertz CT molecular complexity index is 381. The number of pyridine rings is 1. The summed E-state index contributed by atoms with van der Waals surface area (Å²) in [5.41, 5.74) is 5.85. The van der Waals surface area contributed by atoms with Crippen molar-refractivity contribution in [2.24, 2.45) is 5.73 Å². The van der Waals surface area contributed by atoms with Crippen molar-refractivity contribution in [3.63, 3.8) is 0 Å². The zero-order valence-corrected chi connectivity index (χ0v) is 7.94. The molecule has 0 saturated carbocycles. The summed E-state index contributed by atoms with van der Waals surface area (Å²) in [6, 6.07) is 0.820. The molecule has 1 aromatic heterocycles. The molecular formula is C8H8ClN3O2. The van der Waals surface area contributed by atoms with Gasteiger partial charge in [-0.25, -0.2) is 4.98 Å². The minimum absolute atomic E-state index is 0.144. The van der Waals surface area contributed by atoms with Gasteiger partial charge in [-0.15, -0.1) is 6.58 Å². The van der Waals surface area contributed by atoms with Gasteiger partial charge in [0.25, 0.3) is 0 Å². The third-order valence-corrected chi connectivity index (χ3v) is 1.97. The number of hydrogen-bond donors (Lipinski definition) is 1. The van der Waals surface area contributed by atoms with Gasteiger partial charge >= 0.3 is 5.69 Å². The molecule has 0 aliphatic heterocycles. The summed E-state index contributed by atoms with van der Waals surface area (Å²) >= 11 is 5.52. The smallest absolute Gasteiger partial charge is 0.306 e. The van der Waals surface area contributed by atoms with Crippen LogP contribution in [0.15, 0.2) is 24.9 Å². The normalized spacial score (nSPS) is 12.1. The molecule has 0 spiro atoms. The Labute approximate surface area is 85.4 Å². The molecular weight excluding hydrogens is 206 g/mol. The fourth-order valence-electron chi connectivity index (χ4n) is 0.898. The fourth-order valence-corrected chi connectivity index (χ4v) is 1.07. The highest BCUT2D eigenvalue weighted by Crippen LogP contribution is 2.24. The highest BCUT2D eigenvalue weighted by molar-refractivity contribution is 6.31. The van der Waals surface area contributed by atoms with Gasteiger partial charge in [0.1, 0.15) is 0 Å². The van der Waals surface area contributed by atoms with E-state index in [2.05, 4.69) is 11.6 Å². The third kappa shape index (κ3) is 2.07. The number of nitro groups is 1. The summed E-state index contributed by atoms with van der Waals surface area (Å²) in [5, 5.41) is 10.4. The summed E-state index contributed by atoms with van der Waals surface area (Å²) in [4.78, 5) is 13.6. The van der Waals surface area contributed by atoms with E-state index < -0.39 is 11.0 Å². The number of aromatic nitrogens is 1. The topological polar surface area (TPSA) is 82.0 Å². The van der Waals surface area contributed by atoms with E-state index in [1.165, 1.54) is 18.3 Å². The lowest BCUT2D eigenvalue weighted by Gasteiger charge is -2.05. The minimum Gasteiger partial charge on any atom is -0.321 e. The van der Waals surface area contributed by atoms with Crippen LogP contribution in [0.4, 0.5) is 5.69 Å².